The van der Waals surface area contributed by atoms with Crippen LogP contribution in [0.3, 0.4) is 0 Å². The third-order valence-electron chi connectivity index (χ3n) is 5.23. The van der Waals surface area contributed by atoms with Crippen LogP contribution >= 0.6 is 11.6 Å². The average molecular weight is 435 g/mol. The summed E-state index contributed by atoms with van der Waals surface area (Å²) in [6.07, 6.45) is 3.29. The molecule has 1 amide bonds. The van der Waals surface area contributed by atoms with Gasteiger partial charge in [0.25, 0.3) is 5.91 Å². The highest BCUT2D eigenvalue weighted by atomic mass is 35.5. The van der Waals surface area contributed by atoms with Crippen molar-refractivity contribution in [2.45, 2.75) is 0 Å². The van der Waals surface area contributed by atoms with Gasteiger partial charge in [0.1, 0.15) is 0 Å². The molecule has 31 heavy (non-hydrogen) atoms. The summed E-state index contributed by atoms with van der Waals surface area (Å²) in [4.78, 5) is 16.9. The fourth-order valence-electron chi connectivity index (χ4n) is 3.61. The third-order valence-corrected chi connectivity index (χ3v) is 5.55. The van der Waals surface area contributed by atoms with Crippen LogP contribution in [-0.2, 0) is 0 Å². The molecule has 1 fully saturated rings. The van der Waals surface area contributed by atoms with Crippen molar-refractivity contribution in [2.75, 3.05) is 31.1 Å². The number of tetrazole rings is 1. The molecule has 0 bridgehead atoms. The summed E-state index contributed by atoms with van der Waals surface area (Å²) in [5, 5.41) is 17.0. The number of benzene rings is 2. The van der Waals surface area contributed by atoms with Crippen LogP contribution in [0.2, 0.25) is 5.02 Å². The Balaban J connectivity index is 1.27. The van der Waals surface area contributed by atoms with E-state index in [-0.39, 0.29) is 5.91 Å². The van der Waals surface area contributed by atoms with Gasteiger partial charge in [-0.15, -0.1) is 0 Å². The second-order valence-electron chi connectivity index (χ2n) is 7.13. The minimum atomic E-state index is -0.0550. The lowest BCUT2D eigenvalue weighted by Crippen LogP contribution is -2.49. The summed E-state index contributed by atoms with van der Waals surface area (Å²) in [5.41, 5.74) is 2.16. The van der Waals surface area contributed by atoms with Crippen LogP contribution in [-0.4, -0.2) is 67.0 Å². The van der Waals surface area contributed by atoms with Gasteiger partial charge >= 0.3 is 0 Å². The zero-order chi connectivity index (χ0) is 21.2. The van der Waals surface area contributed by atoms with Crippen LogP contribution in [0.4, 0.5) is 5.95 Å². The molecule has 0 aliphatic carbocycles. The monoisotopic (exact) mass is 434 g/mol. The van der Waals surface area contributed by atoms with Gasteiger partial charge in [-0.3, -0.25) is 4.79 Å². The molecule has 2 aromatic carbocycles. The molecule has 9 nitrogen and oxygen atoms in total. The van der Waals surface area contributed by atoms with Crippen LogP contribution in [0.1, 0.15) is 10.4 Å². The van der Waals surface area contributed by atoms with Crippen LogP contribution in [0.15, 0.2) is 67.0 Å². The Bertz CT molecular complexity index is 1200. The number of piperazine rings is 1. The number of carbonyl (C=O) groups excluding carboxylic acids is 1. The van der Waals surface area contributed by atoms with Gasteiger partial charge in [-0.1, -0.05) is 47.0 Å². The highest BCUT2D eigenvalue weighted by Crippen LogP contribution is 2.21. The number of halogens is 1. The fraction of sp³-hybridized carbons (Fsp3) is 0.190. The van der Waals surface area contributed by atoms with Crippen LogP contribution in [0.5, 0.6) is 0 Å². The van der Waals surface area contributed by atoms with E-state index in [0.29, 0.717) is 42.7 Å². The van der Waals surface area contributed by atoms with Crippen LogP contribution in [0.25, 0.3) is 11.4 Å². The van der Waals surface area contributed by atoms with E-state index in [9.17, 15) is 4.79 Å². The van der Waals surface area contributed by atoms with Gasteiger partial charge in [-0.2, -0.15) is 9.78 Å². The van der Waals surface area contributed by atoms with Gasteiger partial charge in [-0.25, -0.2) is 4.68 Å². The van der Waals surface area contributed by atoms with Gasteiger partial charge in [0.05, 0.1) is 28.2 Å². The summed E-state index contributed by atoms with van der Waals surface area (Å²) in [6, 6.07) is 17.1. The molecule has 0 N–H and O–H groups in total. The highest BCUT2D eigenvalue weighted by Gasteiger charge is 2.26. The Labute approximate surface area is 183 Å². The van der Waals surface area contributed by atoms with Crippen molar-refractivity contribution < 1.29 is 4.79 Å². The second kappa shape index (κ2) is 8.19. The number of anilines is 1. The Kier molecular flexibility index (Phi) is 5.09. The molecule has 1 aliphatic rings. The molecule has 0 spiro atoms. The van der Waals surface area contributed by atoms with Gasteiger partial charge in [0, 0.05) is 32.4 Å². The van der Waals surface area contributed by atoms with E-state index in [2.05, 4.69) is 25.5 Å². The topological polar surface area (TPSA) is 85.0 Å². The largest absolute Gasteiger partial charge is 0.336 e. The number of carbonyl (C=O) groups is 1. The summed E-state index contributed by atoms with van der Waals surface area (Å²) < 4.78 is 3.34. The average Bonchev–Trinajstić information content (AvgIpc) is 3.50. The van der Waals surface area contributed by atoms with E-state index < -0.39 is 0 Å². The van der Waals surface area contributed by atoms with Crippen LogP contribution in [0, 0.1) is 0 Å². The van der Waals surface area contributed by atoms with Crippen molar-refractivity contribution in [1.82, 2.24) is 34.9 Å². The molecule has 3 heterocycles. The molecule has 0 unspecified atom stereocenters. The SMILES string of the molecule is O=C(c1cnn(-c2ccccc2Cl)c1)N1CCN(c2nnnn2-c2ccccc2)CC1. The van der Waals surface area contributed by atoms with Crippen LogP contribution < -0.4 is 4.90 Å². The molecule has 10 heteroatoms. The zero-order valence-corrected chi connectivity index (χ0v) is 17.3. The summed E-state index contributed by atoms with van der Waals surface area (Å²) in [7, 11) is 0. The van der Waals surface area contributed by atoms with Gasteiger partial charge in [-0.05, 0) is 34.7 Å². The second-order valence-corrected chi connectivity index (χ2v) is 7.54. The fourth-order valence-corrected chi connectivity index (χ4v) is 3.83. The molecule has 0 saturated carbocycles. The lowest BCUT2D eigenvalue weighted by atomic mass is 10.2. The van der Waals surface area contributed by atoms with E-state index >= 15 is 0 Å². The first-order chi connectivity index (χ1) is 15.2. The molecular weight excluding hydrogens is 416 g/mol. The highest BCUT2D eigenvalue weighted by molar-refractivity contribution is 6.32. The molecule has 156 valence electrons. The maximum absolute atomic E-state index is 13.0. The molecule has 1 saturated heterocycles. The van der Waals surface area contributed by atoms with Crippen molar-refractivity contribution in [3.63, 3.8) is 0 Å². The normalized spacial score (nSPS) is 14.1. The third kappa shape index (κ3) is 3.75. The van der Waals surface area contributed by atoms with Crippen molar-refractivity contribution in [3.05, 3.63) is 77.6 Å². The maximum atomic E-state index is 13.0. The van der Waals surface area contributed by atoms with Gasteiger partial charge in [0.2, 0.25) is 5.95 Å². The number of amides is 1. The zero-order valence-electron chi connectivity index (χ0n) is 16.5. The molecule has 4 aromatic rings. The standard InChI is InChI=1S/C21H19ClN8O/c22-18-8-4-5-9-19(18)29-15-16(14-23-29)20(31)27-10-12-28(13-11-27)21-24-25-26-30(21)17-6-2-1-3-7-17/h1-9,14-15H,10-13H2. The molecule has 0 atom stereocenters. The number of hydrogen-bond donors (Lipinski definition) is 0. The molecule has 2 aromatic heterocycles. The Hall–Kier alpha value is -3.72. The lowest BCUT2D eigenvalue weighted by Gasteiger charge is -2.34. The van der Waals surface area contributed by atoms with E-state index in [4.69, 9.17) is 11.6 Å². The Morgan fingerprint density at radius 2 is 1.68 bits per heavy atom. The Morgan fingerprint density at radius 1 is 0.935 bits per heavy atom. The first-order valence-electron chi connectivity index (χ1n) is 9.88. The molecule has 5 rings (SSSR count). The Morgan fingerprint density at radius 3 is 2.45 bits per heavy atom. The number of hydrogen-bond acceptors (Lipinski definition) is 6. The van der Waals surface area contributed by atoms with Gasteiger partial charge in [0.15, 0.2) is 0 Å². The number of nitrogens with zero attached hydrogens (tertiary/aromatic N) is 8. The van der Waals surface area contributed by atoms with Gasteiger partial charge < -0.3 is 9.80 Å². The predicted octanol–water partition coefficient (Wildman–Crippen LogP) is 2.46. The van der Waals surface area contributed by atoms with Crippen molar-refractivity contribution in [3.8, 4) is 11.4 Å². The number of aromatic nitrogens is 6. The molecular formula is C21H19ClN8O. The van der Waals surface area contributed by atoms with Crippen molar-refractivity contribution in [1.29, 1.82) is 0 Å². The summed E-state index contributed by atoms with van der Waals surface area (Å²) in [6.45, 7) is 2.41. The minimum absolute atomic E-state index is 0.0550. The maximum Gasteiger partial charge on any atom is 0.257 e. The number of rotatable bonds is 4. The van der Waals surface area contributed by atoms with E-state index in [1.807, 2.05) is 53.4 Å². The lowest BCUT2D eigenvalue weighted by molar-refractivity contribution is 0.0746. The first kappa shape index (κ1) is 19.3. The quantitative estimate of drug-likeness (QED) is 0.490. The van der Waals surface area contributed by atoms with Crippen molar-refractivity contribution in [2.24, 2.45) is 0 Å². The minimum Gasteiger partial charge on any atom is -0.336 e. The first-order valence-corrected chi connectivity index (χ1v) is 10.3. The summed E-state index contributed by atoms with van der Waals surface area (Å²) >= 11 is 6.24. The predicted molar refractivity (Wildman–Crippen MR) is 116 cm³/mol. The van der Waals surface area contributed by atoms with Crippen molar-refractivity contribution >= 4 is 23.5 Å². The van der Waals surface area contributed by atoms with E-state index in [1.54, 1.807) is 27.8 Å². The molecule has 1 aliphatic heterocycles. The number of para-hydroxylation sites is 2. The smallest absolute Gasteiger partial charge is 0.257 e. The summed E-state index contributed by atoms with van der Waals surface area (Å²) in [5.74, 6) is 0.616. The van der Waals surface area contributed by atoms with E-state index in [1.165, 1.54) is 0 Å². The van der Waals surface area contributed by atoms with E-state index in [0.717, 1.165) is 11.4 Å². The molecule has 0 radical (unpaired) electrons.